The van der Waals surface area contributed by atoms with Gasteiger partial charge in [0.05, 0.1) is 23.4 Å². The van der Waals surface area contributed by atoms with Gasteiger partial charge in [0.15, 0.2) is 11.9 Å². The van der Waals surface area contributed by atoms with Gasteiger partial charge in [-0.1, -0.05) is 71.9 Å². The number of benzene rings is 3. The van der Waals surface area contributed by atoms with Crippen molar-refractivity contribution in [3.8, 4) is 22.5 Å². The highest BCUT2D eigenvalue weighted by atomic mass is 16.6. The van der Waals surface area contributed by atoms with Gasteiger partial charge in [0.1, 0.15) is 0 Å². The van der Waals surface area contributed by atoms with E-state index in [1.54, 1.807) is 17.9 Å². The number of nitrogens with zero attached hydrogens (tertiary/aromatic N) is 2. The normalized spacial score (nSPS) is 17.2. The van der Waals surface area contributed by atoms with Crippen LogP contribution in [0.2, 0.25) is 0 Å². The van der Waals surface area contributed by atoms with Crippen LogP contribution < -0.4 is 0 Å². The molecule has 1 N–H and O–H groups in total. The molecule has 2 heterocycles. The number of aryl methyl sites for hydroxylation is 1. The van der Waals surface area contributed by atoms with Gasteiger partial charge in [0.25, 0.3) is 0 Å². The Balaban J connectivity index is 1.46. The minimum absolute atomic E-state index is 0.157. The second-order valence-corrected chi connectivity index (χ2v) is 9.64. The predicted molar refractivity (Wildman–Crippen MR) is 137 cm³/mol. The van der Waals surface area contributed by atoms with Crippen LogP contribution in [0.25, 0.3) is 22.5 Å². The highest BCUT2D eigenvalue weighted by Crippen LogP contribution is 2.51. The van der Waals surface area contributed by atoms with Gasteiger partial charge in [-0.2, -0.15) is 0 Å². The van der Waals surface area contributed by atoms with E-state index in [1.807, 2.05) is 66.7 Å². The minimum Gasteiger partial charge on any atom is -0.478 e. The Morgan fingerprint density at radius 1 is 1.00 bits per heavy atom. The molecule has 37 heavy (non-hydrogen) atoms. The molecule has 1 saturated carbocycles. The first-order chi connectivity index (χ1) is 18.0. The molecule has 2 aliphatic rings. The summed E-state index contributed by atoms with van der Waals surface area (Å²) < 4.78 is 11.7. The largest absolute Gasteiger partial charge is 0.478 e. The van der Waals surface area contributed by atoms with Gasteiger partial charge in [-0.05, 0) is 54.0 Å². The summed E-state index contributed by atoms with van der Waals surface area (Å²) >= 11 is 0. The van der Waals surface area contributed by atoms with Crippen molar-refractivity contribution < 1.29 is 24.0 Å². The molecule has 1 aliphatic heterocycles. The molecule has 0 radical (unpaired) electrons. The third kappa shape index (κ3) is 4.27. The average Bonchev–Trinajstić information content (AvgIpc) is 3.60. The summed E-state index contributed by atoms with van der Waals surface area (Å²) in [5.74, 6) is -0.442. The molecular formula is C30H26N2O5. The number of carbonyl (C=O) groups excluding carboxylic acids is 1. The molecule has 7 nitrogen and oxygen atoms in total. The molecule has 0 bridgehead atoms. The van der Waals surface area contributed by atoms with Crippen LogP contribution >= 0.6 is 0 Å². The number of aromatic carboxylic acids is 1. The van der Waals surface area contributed by atoms with Crippen molar-refractivity contribution in [2.24, 2.45) is 0 Å². The summed E-state index contributed by atoms with van der Waals surface area (Å²) in [5.41, 5.74) is 5.85. The molecule has 1 aromatic heterocycles. The van der Waals surface area contributed by atoms with E-state index >= 15 is 0 Å². The van der Waals surface area contributed by atoms with Gasteiger partial charge in [-0.15, -0.1) is 0 Å². The Morgan fingerprint density at radius 2 is 1.70 bits per heavy atom. The molecule has 2 fully saturated rings. The zero-order valence-corrected chi connectivity index (χ0v) is 20.4. The highest BCUT2D eigenvalue weighted by Gasteiger charge is 2.40. The van der Waals surface area contributed by atoms with Gasteiger partial charge in [0.2, 0.25) is 0 Å². The van der Waals surface area contributed by atoms with Crippen molar-refractivity contribution in [3.63, 3.8) is 0 Å². The summed E-state index contributed by atoms with van der Waals surface area (Å²) in [6.45, 7) is 2.55. The van der Waals surface area contributed by atoms with Crippen LogP contribution in [0, 0.1) is 6.92 Å². The number of hydrogen-bond acceptors (Lipinski definition) is 5. The molecule has 1 unspecified atom stereocenters. The van der Waals surface area contributed by atoms with E-state index in [0.717, 1.165) is 35.1 Å². The van der Waals surface area contributed by atoms with Crippen molar-refractivity contribution >= 4 is 12.1 Å². The first-order valence-electron chi connectivity index (χ1n) is 12.4. The summed E-state index contributed by atoms with van der Waals surface area (Å²) in [7, 11) is 0. The lowest BCUT2D eigenvalue weighted by atomic mass is 9.86. The Labute approximate surface area is 214 Å². The van der Waals surface area contributed by atoms with E-state index in [0.29, 0.717) is 35.7 Å². The van der Waals surface area contributed by atoms with Crippen molar-refractivity contribution in [3.05, 3.63) is 101 Å². The van der Waals surface area contributed by atoms with E-state index in [4.69, 9.17) is 9.26 Å². The minimum atomic E-state index is -1.04. The topological polar surface area (TPSA) is 92.9 Å². The molecule has 1 atom stereocenters. The molecule has 1 saturated heterocycles. The molecular weight excluding hydrogens is 468 g/mol. The van der Waals surface area contributed by atoms with Crippen molar-refractivity contribution in [2.45, 2.75) is 38.3 Å². The molecule has 3 aromatic carbocycles. The maximum atomic E-state index is 12.8. The summed E-state index contributed by atoms with van der Waals surface area (Å²) in [6, 6.07) is 23.2. The number of rotatable bonds is 7. The Kier molecular flexibility index (Phi) is 5.75. The zero-order chi connectivity index (χ0) is 25.5. The standard InChI is InChI=1S/C30H26N2O5/c1-18-25(24-17-32(30(35)36-24)16-19-8-4-2-5-9-19)28(37-31-18)27-23(29(33)34)15-14-22(26(27)21-12-13-21)20-10-6-3-7-11-20/h2-11,14-15,21,24H,12-13,16-17H2,1H3,(H,33,34). The van der Waals surface area contributed by atoms with E-state index in [1.165, 1.54) is 0 Å². The van der Waals surface area contributed by atoms with E-state index in [9.17, 15) is 14.7 Å². The number of carboxylic acids is 1. The number of ether oxygens (including phenoxy) is 1. The Morgan fingerprint density at radius 3 is 2.38 bits per heavy atom. The zero-order valence-electron chi connectivity index (χ0n) is 20.4. The third-order valence-electron chi connectivity index (χ3n) is 7.11. The van der Waals surface area contributed by atoms with Crippen molar-refractivity contribution in [1.29, 1.82) is 0 Å². The van der Waals surface area contributed by atoms with Crippen molar-refractivity contribution in [2.75, 3.05) is 6.54 Å². The highest BCUT2D eigenvalue weighted by molar-refractivity contribution is 5.99. The summed E-state index contributed by atoms with van der Waals surface area (Å²) in [5, 5.41) is 14.4. The van der Waals surface area contributed by atoms with Gasteiger partial charge < -0.3 is 14.4 Å². The predicted octanol–water partition coefficient (Wildman–Crippen LogP) is 6.59. The lowest BCUT2D eigenvalue weighted by molar-refractivity contribution is 0.0697. The quantitative estimate of drug-likeness (QED) is 0.312. The number of aromatic nitrogens is 1. The van der Waals surface area contributed by atoms with Gasteiger partial charge >= 0.3 is 12.1 Å². The molecule has 1 amide bonds. The maximum Gasteiger partial charge on any atom is 0.410 e. The van der Waals surface area contributed by atoms with Crippen LogP contribution in [-0.4, -0.2) is 33.8 Å². The van der Waals surface area contributed by atoms with E-state index in [2.05, 4.69) is 5.16 Å². The number of carbonyl (C=O) groups is 2. The average molecular weight is 495 g/mol. The fraction of sp³-hybridized carbons (Fsp3) is 0.233. The van der Waals surface area contributed by atoms with Gasteiger partial charge in [-0.25, -0.2) is 9.59 Å². The van der Waals surface area contributed by atoms with Crippen LogP contribution in [0.15, 0.2) is 77.3 Å². The first kappa shape index (κ1) is 23.0. The summed E-state index contributed by atoms with van der Waals surface area (Å²) in [4.78, 5) is 26.9. The molecule has 6 rings (SSSR count). The monoisotopic (exact) mass is 494 g/mol. The lowest BCUT2D eigenvalue weighted by Gasteiger charge is -2.18. The van der Waals surface area contributed by atoms with Gasteiger partial charge in [-0.3, -0.25) is 4.90 Å². The van der Waals surface area contributed by atoms with Crippen LogP contribution in [0.4, 0.5) is 4.79 Å². The second kappa shape index (κ2) is 9.24. The fourth-order valence-corrected chi connectivity index (χ4v) is 5.24. The molecule has 0 spiro atoms. The first-order valence-corrected chi connectivity index (χ1v) is 12.4. The number of hydrogen-bond donors (Lipinski definition) is 1. The van der Waals surface area contributed by atoms with Crippen LogP contribution in [0.5, 0.6) is 0 Å². The second-order valence-electron chi connectivity index (χ2n) is 9.64. The fourth-order valence-electron chi connectivity index (χ4n) is 5.24. The van der Waals surface area contributed by atoms with Crippen LogP contribution in [-0.2, 0) is 11.3 Å². The maximum absolute atomic E-state index is 12.8. The van der Waals surface area contributed by atoms with Gasteiger partial charge in [0, 0.05) is 12.1 Å². The number of carboxylic acid groups (broad SMARTS) is 1. The number of amides is 1. The van der Waals surface area contributed by atoms with Crippen LogP contribution in [0.3, 0.4) is 0 Å². The Bertz CT molecular complexity index is 1470. The molecule has 186 valence electrons. The Hall–Kier alpha value is -4.39. The third-order valence-corrected chi connectivity index (χ3v) is 7.11. The number of cyclic esters (lactones) is 1. The smallest absolute Gasteiger partial charge is 0.410 e. The summed E-state index contributed by atoms with van der Waals surface area (Å²) in [6.07, 6.45) is 0.911. The lowest BCUT2D eigenvalue weighted by Crippen LogP contribution is -2.23. The molecule has 7 heteroatoms. The van der Waals surface area contributed by atoms with E-state index < -0.39 is 18.2 Å². The van der Waals surface area contributed by atoms with Crippen LogP contribution in [0.1, 0.15) is 57.6 Å². The molecule has 4 aromatic rings. The SMILES string of the molecule is Cc1noc(-c2c(C(=O)O)ccc(-c3ccccc3)c2C2CC2)c1C1CN(Cc2ccccc2)C(=O)O1. The van der Waals surface area contributed by atoms with E-state index in [-0.39, 0.29) is 11.5 Å². The molecule has 1 aliphatic carbocycles. The van der Waals surface area contributed by atoms with Crippen molar-refractivity contribution in [1.82, 2.24) is 10.1 Å².